The first kappa shape index (κ1) is 97.4. The minimum absolute atomic E-state index is 1.01. The molecule has 0 radical (unpaired) electrons. The average Bonchev–Trinajstić information content (AvgIpc) is 0.810. The molecule has 0 aliphatic rings. The molecule has 0 saturated carbocycles. The van der Waals surface area contributed by atoms with Gasteiger partial charge in [0, 0.05) is 0 Å². The summed E-state index contributed by atoms with van der Waals surface area (Å²) in [5, 5.41) is 5.15. The molecule has 0 unspecified atom stereocenters. The van der Waals surface area contributed by atoms with Crippen molar-refractivity contribution in [3.63, 3.8) is 0 Å². The lowest BCUT2D eigenvalue weighted by molar-refractivity contribution is 1.11. The summed E-state index contributed by atoms with van der Waals surface area (Å²) < 4.78 is 0. The second-order valence-electron chi connectivity index (χ2n) is 35.2. The number of hydrogen-bond donors (Lipinski definition) is 0. The van der Waals surface area contributed by atoms with Crippen LogP contribution in [0.5, 0.6) is 0 Å². The smallest absolute Gasteiger partial charge is 0.00230 e. The first-order valence-corrected chi connectivity index (χ1v) is 49.0. The van der Waals surface area contributed by atoms with E-state index in [1.807, 2.05) is 48.5 Å². The lowest BCUT2D eigenvalue weighted by Crippen LogP contribution is -1.95. The van der Waals surface area contributed by atoms with Crippen molar-refractivity contribution in [2.24, 2.45) is 0 Å². The molecule has 0 aliphatic carbocycles. The standard InChI is InChI=1S/C24H26.C22H16.C22H18.C20H16.3C18H14/c1-17-5-7-19(3)23(13-17)15-21-9-11-22(12-10-21)16-24-14-18(2)6-8-20(24)4;1-3-13-21-17(7-1)9-5-11-19(21)15-16-20-12-6-10-18-8-2-4-14-22(18)20;1-4-11-19(12-5-1)13-10-18-22(20-14-6-2-7-15-20)21-16-8-3-9-17-21;1-4-10-17(11-5-1)16-20(18-12-6-2-7-13-18)19-14-8-3-9-15-19;1-3-9-15(10-4-1)17-13-7-8-14-18(17)16-11-5-2-6-12-16;1-3-8-15(9-4-1)17-12-7-13-18(14-17)16-10-5-2-6-11-16;1-3-7-15(8-4-1)17-11-13-18(14-12-17)16-9-5-2-6-10-16/h5-14H,15-16H2,1-4H3;1-16H;1-18H;1-16H;3*1-14H/b;16-15+;13-10+;;;;. The number of hydrogen-bond acceptors (Lipinski definition) is 0. The van der Waals surface area contributed by atoms with Crippen LogP contribution < -0.4 is 0 Å². The van der Waals surface area contributed by atoms with Gasteiger partial charge in [-0.05, 0) is 230 Å². The number of fused-ring (bicyclic) bond motifs is 2. The van der Waals surface area contributed by atoms with Gasteiger partial charge in [0.15, 0.2) is 0 Å². The Kier molecular flexibility index (Phi) is 35.7. The highest BCUT2D eigenvalue weighted by Gasteiger charge is 2.12. The van der Waals surface area contributed by atoms with Gasteiger partial charge in [-0.3, -0.25) is 0 Å². The Bertz CT molecular complexity index is 7290. The lowest BCUT2D eigenvalue weighted by Gasteiger charge is -2.10. The molecule has 22 rings (SSSR count). The molecule has 0 fully saturated rings. The van der Waals surface area contributed by atoms with Crippen molar-refractivity contribution in [2.45, 2.75) is 40.5 Å². The van der Waals surface area contributed by atoms with E-state index in [9.17, 15) is 0 Å². The molecule has 22 aromatic rings. The fourth-order valence-corrected chi connectivity index (χ4v) is 17.3. The summed E-state index contributed by atoms with van der Waals surface area (Å²) in [6.07, 6.45) is 15.1. The third-order valence-corrected chi connectivity index (χ3v) is 25.0. The summed E-state index contributed by atoms with van der Waals surface area (Å²) in [5.41, 5.74) is 38.6. The number of rotatable bonds is 19. The van der Waals surface area contributed by atoms with E-state index in [1.54, 1.807) is 0 Å². The largest absolute Gasteiger partial charge is 0.0622 e. The van der Waals surface area contributed by atoms with Crippen LogP contribution in [0.3, 0.4) is 0 Å². The Morgan fingerprint density at radius 3 is 0.817 bits per heavy atom. The van der Waals surface area contributed by atoms with E-state index < -0.39 is 0 Å². The summed E-state index contributed by atoms with van der Waals surface area (Å²) in [7, 11) is 0. The van der Waals surface area contributed by atoms with Crippen molar-refractivity contribution in [3.05, 3.63) is 684 Å². The molecule has 0 aliphatic heterocycles. The van der Waals surface area contributed by atoms with Crippen molar-refractivity contribution in [3.8, 4) is 66.8 Å². The molecule has 0 atom stereocenters. The van der Waals surface area contributed by atoms with E-state index in [0.29, 0.717) is 0 Å². The molecule has 0 nitrogen and oxygen atoms in total. The van der Waals surface area contributed by atoms with Crippen molar-refractivity contribution in [2.75, 3.05) is 0 Å². The summed E-state index contributed by atoms with van der Waals surface area (Å²) in [5.74, 6) is 0. The maximum Gasteiger partial charge on any atom is -0.00230 e. The zero-order chi connectivity index (χ0) is 97.2. The van der Waals surface area contributed by atoms with Crippen molar-refractivity contribution in [1.29, 1.82) is 0 Å². The highest BCUT2D eigenvalue weighted by molar-refractivity contribution is 5.97. The van der Waals surface area contributed by atoms with E-state index in [0.717, 1.165) is 12.8 Å². The SMILES string of the molecule is C(/C=C/c1ccccc1)=C(c1ccccc1)c1ccccc1.C(=C(c1ccccc1)c1ccccc1)c1ccccc1.C(=C\c1cccc2ccccc12)/c1cccc2ccccc12.Cc1ccc(C)c(Cc2ccc(Cc3cc(C)ccc3C)cc2)c1.c1ccc(-c2ccc(-c3ccccc3)cc2)cc1.c1ccc(-c2cccc(-c3ccccc3)c2)cc1.c1ccc(-c2ccccc2-c2ccccc2)cc1. The normalized spacial score (nSPS) is 10.5. The Balaban J connectivity index is 0.000000119. The predicted octanol–water partition coefficient (Wildman–Crippen LogP) is 38.4. The molecule has 0 bridgehead atoms. The van der Waals surface area contributed by atoms with Gasteiger partial charge in [0.25, 0.3) is 0 Å². The molecule has 22 aromatic carbocycles. The highest BCUT2D eigenvalue weighted by Crippen LogP contribution is 2.35. The number of aryl methyl sites for hydroxylation is 4. The summed E-state index contributed by atoms with van der Waals surface area (Å²) >= 11 is 0. The van der Waals surface area contributed by atoms with Gasteiger partial charge in [-0.2, -0.15) is 0 Å². The van der Waals surface area contributed by atoms with E-state index >= 15 is 0 Å². The molecule has 0 aromatic heterocycles. The van der Waals surface area contributed by atoms with Gasteiger partial charge in [-0.25, -0.2) is 0 Å². The fourth-order valence-electron chi connectivity index (χ4n) is 17.3. The van der Waals surface area contributed by atoms with Crippen LogP contribution in [0, 0.1) is 27.7 Å². The van der Waals surface area contributed by atoms with Crippen LogP contribution in [0.15, 0.2) is 595 Å². The maximum atomic E-state index is 2.30. The molecular formula is C142H118. The Labute approximate surface area is 841 Å². The van der Waals surface area contributed by atoms with Gasteiger partial charge >= 0.3 is 0 Å². The Hall–Kier alpha value is -17.7. The van der Waals surface area contributed by atoms with Crippen LogP contribution in [0.2, 0.25) is 0 Å². The first-order valence-electron chi connectivity index (χ1n) is 49.0. The highest BCUT2D eigenvalue weighted by atomic mass is 14.2. The summed E-state index contributed by atoms with van der Waals surface area (Å²) in [6, 6.07) is 204. The quantitative estimate of drug-likeness (QED) is 0.0559. The van der Waals surface area contributed by atoms with Gasteiger partial charge in [0.05, 0.1) is 0 Å². The van der Waals surface area contributed by atoms with Gasteiger partial charge < -0.3 is 0 Å². The van der Waals surface area contributed by atoms with Crippen molar-refractivity contribution >= 4 is 57.0 Å². The summed E-state index contributed by atoms with van der Waals surface area (Å²) in [6.45, 7) is 8.72. The second-order valence-corrected chi connectivity index (χ2v) is 35.2. The van der Waals surface area contributed by atoms with Crippen molar-refractivity contribution in [1.82, 2.24) is 0 Å². The molecule has 0 heteroatoms. The van der Waals surface area contributed by atoms with E-state index in [2.05, 4.69) is 598 Å². The third-order valence-electron chi connectivity index (χ3n) is 25.0. The summed E-state index contributed by atoms with van der Waals surface area (Å²) in [4.78, 5) is 0. The lowest BCUT2D eigenvalue weighted by atomic mass is 9.95. The molecular weight excluding hydrogens is 1710 g/mol. The third kappa shape index (κ3) is 28.7. The van der Waals surface area contributed by atoms with Crippen LogP contribution in [0.1, 0.15) is 89.0 Å². The second kappa shape index (κ2) is 52.0. The minimum Gasteiger partial charge on any atom is -0.0622 e. The molecule has 0 heterocycles. The molecule has 0 amide bonds. The van der Waals surface area contributed by atoms with E-state index in [-0.39, 0.29) is 0 Å². The molecule has 142 heavy (non-hydrogen) atoms. The fraction of sp³-hybridized carbons (Fsp3) is 0.0423. The molecule has 0 spiro atoms. The van der Waals surface area contributed by atoms with E-state index in [1.165, 1.54) is 188 Å². The monoisotopic (exact) mass is 1820 g/mol. The van der Waals surface area contributed by atoms with Gasteiger partial charge in [-0.1, -0.05) is 618 Å². The zero-order valence-corrected chi connectivity index (χ0v) is 81.3. The van der Waals surface area contributed by atoms with Crippen molar-refractivity contribution < 1.29 is 0 Å². The van der Waals surface area contributed by atoms with E-state index in [4.69, 9.17) is 0 Å². The minimum atomic E-state index is 1.01. The van der Waals surface area contributed by atoms with Crippen LogP contribution >= 0.6 is 0 Å². The van der Waals surface area contributed by atoms with Crippen LogP contribution in [-0.2, 0) is 12.8 Å². The Morgan fingerprint density at radius 2 is 0.458 bits per heavy atom. The Morgan fingerprint density at radius 1 is 0.190 bits per heavy atom. The van der Waals surface area contributed by atoms with Gasteiger partial charge in [0.2, 0.25) is 0 Å². The molecule has 0 saturated heterocycles. The van der Waals surface area contributed by atoms with Gasteiger partial charge in [0.1, 0.15) is 0 Å². The average molecular weight is 1820 g/mol. The van der Waals surface area contributed by atoms with Crippen LogP contribution in [0.25, 0.3) is 124 Å². The topological polar surface area (TPSA) is 0 Å². The first-order chi connectivity index (χ1) is 70.1. The molecule has 0 N–H and O–H groups in total. The van der Waals surface area contributed by atoms with Gasteiger partial charge in [-0.15, -0.1) is 0 Å². The number of benzene rings is 22. The maximum absolute atomic E-state index is 2.30. The van der Waals surface area contributed by atoms with Crippen LogP contribution in [-0.4, -0.2) is 0 Å². The number of allylic oxidation sites excluding steroid dienone is 2. The zero-order valence-electron chi connectivity index (χ0n) is 81.3. The van der Waals surface area contributed by atoms with Crippen LogP contribution in [0.4, 0.5) is 0 Å². The predicted molar refractivity (Wildman–Crippen MR) is 614 cm³/mol. The molecule has 686 valence electrons.